The van der Waals surface area contributed by atoms with Crippen LogP contribution in [0.1, 0.15) is 64.2 Å². The molecule has 2 atom stereocenters. The standard InChI is InChI=1S/C16H28N2O/c17-14(12-8-9-12)11-16(19)18-10-4-7-15(18)13-5-2-1-3-6-13/h12-15H,1-11,17H2. The van der Waals surface area contributed by atoms with Gasteiger partial charge in [0.15, 0.2) is 0 Å². The number of likely N-dealkylation sites (tertiary alicyclic amines) is 1. The van der Waals surface area contributed by atoms with Crippen molar-refractivity contribution in [3.63, 3.8) is 0 Å². The molecule has 0 aromatic carbocycles. The van der Waals surface area contributed by atoms with Gasteiger partial charge in [-0.25, -0.2) is 0 Å². The molecule has 0 aromatic rings. The normalized spacial score (nSPS) is 30.6. The van der Waals surface area contributed by atoms with Gasteiger partial charge in [0.05, 0.1) is 0 Å². The first-order valence-electron chi connectivity index (χ1n) is 8.31. The van der Waals surface area contributed by atoms with Crippen molar-refractivity contribution in [2.75, 3.05) is 6.54 Å². The Balaban J connectivity index is 1.56. The predicted molar refractivity (Wildman–Crippen MR) is 76.6 cm³/mol. The minimum atomic E-state index is 0.125. The van der Waals surface area contributed by atoms with Gasteiger partial charge in [0.1, 0.15) is 0 Å². The number of hydrogen-bond donors (Lipinski definition) is 1. The zero-order valence-corrected chi connectivity index (χ0v) is 12.0. The maximum atomic E-state index is 12.5. The van der Waals surface area contributed by atoms with Crippen LogP contribution < -0.4 is 5.73 Å². The lowest BCUT2D eigenvalue weighted by Gasteiger charge is -2.34. The molecule has 0 spiro atoms. The Bertz CT molecular complexity index is 321. The first kappa shape index (κ1) is 13.4. The highest BCUT2D eigenvalue weighted by Gasteiger charge is 2.37. The van der Waals surface area contributed by atoms with Gasteiger partial charge in [-0.2, -0.15) is 0 Å². The SMILES string of the molecule is NC(CC(=O)N1CCCC1C1CCCCC1)C1CC1. The molecular formula is C16H28N2O. The summed E-state index contributed by atoms with van der Waals surface area (Å²) in [4.78, 5) is 14.7. The fourth-order valence-corrected chi connectivity index (χ4v) is 4.12. The number of carbonyl (C=O) groups is 1. The van der Waals surface area contributed by atoms with Crippen LogP contribution in [0.15, 0.2) is 0 Å². The van der Waals surface area contributed by atoms with Gasteiger partial charge in [0.25, 0.3) is 0 Å². The predicted octanol–water partition coefficient (Wildman–Crippen LogP) is 2.69. The third-order valence-electron chi connectivity index (χ3n) is 5.45. The molecule has 2 unspecified atom stereocenters. The quantitative estimate of drug-likeness (QED) is 0.848. The van der Waals surface area contributed by atoms with Gasteiger partial charge in [-0.15, -0.1) is 0 Å². The van der Waals surface area contributed by atoms with Crippen molar-refractivity contribution in [2.24, 2.45) is 17.6 Å². The van der Waals surface area contributed by atoms with E-state index in [2.05, 4.69) is 4.90 Å². The average Bonchev–Trinajstić information content (AvgIpc) is 3.17. The minimum Gasteiger partial charge on any atom is -0.339 e. The molecule has 0 radical (unpaired) electrons. The Labute approximate surface area is 116 Å². The molecule has 1 aliphatic heterocycles. The summed E-state index contributed by atoms with van der Waals surface area (Å²) in [5, 5.41) is 0. The van der Waals surface area contributed by atoms with E-state index in [0.29, 0.717) is 24.3 Å². The topological polar surface area (TPSA) is 46.3 Å². The number of nitrogens with two attached hydrogens (primary N) is 1. The molecule has 3 rings (SSSR count). The highest BCUT2D eigenvalue weighted by molar-refractivity contribution is 5.77. The number of carbonyl (C=O) groups excluding carboxylic acids is 1. The summed E-state index contributed by atoms with van der Waals surface area (Å²) in [6, 6.07) is 0.666. The monoisotopic (exact) mass is 264 g/mol. The summed E-state index contributed by atoms with van der Waals surface area (Å²) < 4.78 is 0. The Morgan fingerprint density at radius 3 is 2.47 bits per heavy atom. The molecule has 2 aliphatic carbocycles. The minimum absolute atomic E-state index is 0.125. The molecule has 0 aromatic heterocycles. The maximum Gasteiger partial charge on any atom is 0.224 e. The molecule has 19 heavy (non-hydrogen) atoms. The fourth-order valence-electron chi connectivity index (χ4n) is 4.12. The molecule has 3 fully saturated rings. The number of amides is 1. The van der Waals surface area contributed by atoms with E-state index in [9.17, 15) is 4.79 Å². The molecule has 1 heterocycles. The van der Waals surface area contributed by atoms with Crippen LogP contribution in [-0.2, 0) is 4.79 Å². The van der Waals surface area contributed by atoms with E-state index in [0.717, 1.165) is 12.5 Å². The van der Waals surface area contributed by atoms with Crippen molar-refractivity contribution in [1.29, 1.82) is 0 Å². The maximum absolute atomic E-state index is 12.5. The Morgan fingerprint density at radius 2 is 1.79 bits per heavy atom. The van der Waals surface area contributed by atoms with E-state index < -0.39 is 0 Å². The van der Waals surface area contributed by atoms with E-state index in [1.807, 2.05) is 0 Å². The highest BCUT2D eigenvalue weighted by Crippen LogP contribution is 2.36. The average molecular weight is 264 g/mol. The Kier molecular flexibility index (Phi) is 4.11. The lowest BCUT2D eigenvalue weighted by molar-refractivity contribution is -0.133. The third kappa shape index (κ3) is 3.13. The van der Waals surface area contributed by atoms with Crippen LogP contribution in [0.2, 0.25) is 0 Å². The van der Waals surface area contributed by atoms with Gasteiger partial charge < -0.3 is 10.6 Å². The van der Waals surface area contributed by atoms with Gasteiger partial charge >= 0.3 is 0 Å². The zero-order valence-electron chi connectivity index (χ0n) is 12.0. The van der Waals surface area contributed by atoms with Crippen LogP contribution in [0, 0.1) is 11.8 Å². The van der Waals surface area contributed by atoms with Gasteiger partial charge in [0, 0.05) is 25.0 Å². The van der Waals surface area contributed by atoms with Crippen LogP contribution in [0.4, 0.5) is 0 Å². The molecule has 1 saturated heterocycles. The molecule has 2 saturated carbocycles. The number of nitrogens with zero attached hydrogens (tertiary/aromatic N) is 1. The van der Waals surface area contributed by atoms with Gasteiger partial charge in [-0.1, -0.05) is 19.3 Å². The second kappa shape index (κ2) is 5.82. The number of rotatable bonds is 4. The molecule has 108 valence electrons. The molecular weight excluding hydrogens is 236 g/mol. The second-order valence-corrected chi connectivity index (χ2v) is 6.90. The Morgan fingerprint density at radius 1 is 1.05 bits per heavy atom. The van der Waals surface area contributed by atoms with E-state index in [4.69, 9.17) is 5.73 Å². The summed E-state index contributed by atoms with van der Waals surface area (Å²) in [6.07, 6.45) is 12.3. The molecule has 3 nitrogen and oxygen atoms in total. The molecule has 3 aliphatic rings. The summed E-state index contributed by atoms with van der Waals surface area (Å²) >= 11 is 0. The van der Waals surface area contributed by atoms with Crippen molar-refractivity contribution < 1.29 is 4.79 Å². The van der Waals surface area contributed by atoms with Crippen molar-refractivity contribution in [3.8, 4) is 0 Å². The fraction of sp³-hybridized carbons (Fsp3) is 0.938. The van der Waals surface area contributed by atoms with Gasteiger partial charge in [-0.05, 0) is 50.4 Å². The molecule has 3 heteroatoms. The van der Waals surface area contributed by atoms with Gasteiger partial charge in [0.2, 0.25) is 5.91 Å². The lowest BCUT2D eigenvalue weighted by Crippen LogP contribution is -2.43. The first-order chi connectivity index (χ1) is 9.25. The van der Waals surface area contributed by atoms with Crippen LogP contribution in [0.3, 0.4) is 0 Å². The second-order valence-electron chi connectivity index (χ2n) is 6.90. The molecule has 0 bridgehead atoms. The summed E-state index contributed by atoms with van der Waals surface area (Å²) in [7, 11) is 0. The van der Waals surface area contributed by atoms with Crippen LogP contribution in [0.5, 0.6) is 0 Å². The summed E-state index contributed by atoms with van der Waals surface area (Å²) in [5.41, 5.74) is 6.12. The van der Waals surface area contributed by atoms with E-state index in [-0.39, 0.29) is 6.04 Å². The lowest BCUT2D eigenvalue weighted by atomic mass is 9.83. The number of hydrogen-bond acceptors (Lipinski definition) is 2. The molecule has 1 amide bonds. The highest BCUT2D eigenvalue weighted by atomic mass is 16.2. The van der Waals surface area contributed by atoms with Crippen LogP contribution in [-0.4, -0.2) is 29.4 Å². The Hall–Kier alpha value is -0.570. The van der Waals surface area contributed by atoms with E-state index >= 15 is 0 Å². The van der Waals surface area contributed by atoms with Crippen molar-refractivity contribution in [2.45, 2.75) is 76.3 Å². The van der Waals surface area contributed by atoms with Crippen LogP contribution in [0.25, 0.3) is 0 Å². The largest absolute Gasteiger partial charge is 0.339 e. The molecule has 2 N–H and O–H groups in total. The van der Waals surface area contributed by atoms with Crippen molar-refractivity contribution in [3.05, 3.63) is 0 Å². The van der Waals surface area contributed by atoms with Crippen molar-refractivity contribution in [1.82, 2.24) is 4.90 Å². The van der Waals surface area contributed by atoms with E-state index in [1.165, 1.54) is 57.8 Å². The zero-order chi connectivity index (χ0) is 13.2. The first-order valence-corrected chi connectivity index (χ1v) is 8.31. The smallest absolute Gasteiger partial charge is 0.224 e. The summed E-state index contributed by atoms with van der Waals surface area (Å²) in [5.74, 6) is 1.75. The van der Waals surface area contributed by atoms with Gasteiger partial charge in [-0.3, -0.25) is 4.79 Å². The van der Waals surface area contributed by atoms with E-state index in [1.54, 1.807) is 0 Å². The van der Waals surface area contributed by atoms with Crippen LogP contribution >= 0.6 is 0 Å². The summed E-state index contributed by atoms with van der Waals surface area (Å²) in [6.45, 7) is 0.984. The van der Waals surface area contributed by atoms with Crippen molar-refractivity contribution >= 4 is 5.91 Å². The third-order valence-corrected chi connectivity index (χ3v) is 5.45.